The standard InChI is InChI=1S/C13H22N2O3S/c1-4-15(8-9-18-5-2)19(16,17)13-10-12(14)7-6-11(13)3/h6-7,10H,4-5,8-9,14H2,1-3H3. The zero-order valence-corrected chi connectivity index (χ0v) is 12.5. The molecule has 6 heteroatoms. The Morgan fingerprint density at radius 1 is 1.32 bits per heavy atom. The first-order chi connectivity index (χ1) is 8.93. The van der Waals surface area contributed by atoms with E-state index in [1.807, 2.05) is 13.8 Å². The maximum Gasteiger partial charge on any atom is 0.243 e. The Hall–Kier alpha value is -1.11. The fourth-order valence-electron chi connectivity index (χ4n) is 1.79. The number of nitrogens with two attached hydrogens (primary N) is 1. The highest BCUT2D eigenvalue weighted by molar-refractivity contribution is 7.89. The van der Waals surface area contributed by atoms with Crippen LogP contribution >= 0.6 is 0 Å². The van der Waals surface area contributed by atoms with Gasteiger partial charge in [0, 0.05) is 25.4 Å². The molecule has 0 aliphatic carbocycles. The van der Waals surface area contributed by atoms with Crippen LogP contribution in [0.1, 0.15) is 19.4 Å². The summed E-state index contributed by atoms with van der Waals surface area (Å²) >= 11 is 0. The zero-order valence-electron chi connectivity index (χ0n) is 11.7. The van der Waals surface area contributed by atoms with Gasteiger partial charge in [0.15, 0.2) is 0 Å². The van der Waals surface area contributed by atoms with Crippen LogP contribution in [0.15, 0.2) is 23.1 Å². The van der Waals surface area contributed by atoms with Crippen LogP contribution in [-0.4, -0.2) is 39.0 Å². The third-order valence-corrected chi connectivity index (χ3v) is 4.99. The molecule has 5 nitrogen and oxygen atoms in total. The normalized spacial score (nSPS) is 12.0. The van der Waals surface area contributed by atoms with E-state index in [0.29, 0.717) is 37.6 Å². The first-order valence-electron chi connectivity index (χ1n) is 6.37. The number of likely N-dealkylation sites (N-methyl/N-ethyl adjacent to an activating group) is 1. The summed E-state index contributed by atoms with van der Waals surface area (Å²) in [5.74, 6) is 0. The summed E-state index contributed by atoms with van der Waals surface area (Å²) < 4.78 is 31.7. The summed E-state index contributed by atoms with van der Waals surface area (Å²) in [4.78, 5) is 0.269. The molecule has 0 aliphatic rings. The van der Waals surface area contributed by atoms with Crippen molar-refractivity contribution < 1.29 is 13.2 Å². The topological polar surface area (TPSA) is 72.6 Å². The van der Waals surface area contributed by atoms with Crippen LogP contribution in [0, 0.1) is 6.92 Å². The van der Waals surface area contributed by atoms with Gasteiger partial charge in [-0.25, -0.2) is 8.42 Å². The van der Waals surface area contributed by atoms with Crippen molar-refractivity contribution in [1.82, 2.24) is 4.31 Å². The van der Waals surface area contributed by atoms with Crippen LogP contribution in [0.3, 0.4) is 0 Å². The lowest BCUT2D eigenvalue weighted by Crippen LogP contribution is -2.34. The zero-order chi connectivity index (χ0) is 14.5. The lowest BCUT2D eigenvalue weighted by molar-refractivity contribution is 0.135. The fourth-order valence-corrected chi connectivity index (χ4v) is 3.49. The van der Waals surface area contributed by atoms with E-state index < -0.39 is 10.0 Å². The SMILES string of the molecule is CCOCCN(CC)S(=O)(=O)c1cc(N)ccc1C. The number of aryl methyl sites for hydroxylation is 1. The Morgan fingerprint density at radius 3 is 2.58 bits per heavy atom. The van der Waals surface area contributed by atoms with Gasteiger partial charge in [0.2, 0.25) is 10.0 Å². The molecule has 1 rings (SSSR count). The second-order valence-electron chi connectivity index (χ2n) is 4.22. The molecule has 0 spiro atoms. The molecule has 2 N–H and O–H groups in total. The number of hydrogen-bond acceptors (Lipinski definition) is 4. The van der Waals surface area contributed by atoms with Gasteiger partial charge in [0.25, 0.3) is 0 Å². The molecule has 108 valence electrons. The Kier molecular flexibility index (Phi) is 5.78. The minimum Gasteiger partial charge on any atom is -0.399 e. The van der Waals surface area contributed by atoms with Gasteiger partial charge in [0.1, 0.15) is 0 Å². The largest absolute Gasteiger partial charge is 0.399 e. The van der Waals surface area contributed by atoms with Crippen LogP contribution in [-0.2, 0) is 14.8 Å². The fraction of sp³-hybridized carbons (Fsp3) is 0.538. The van der Waals surface area contributed by atoms with Crippen LogP contribution in [0.4, 0.5) is 5.69 Å². The number of anilines is 1. The smallest absolute Gasteiger partial charge is 0.243 e. The molecule has 0 radical (unpaired) electrons. The number of rotatable bonds is 7. The van der Waals surface area contributed by atoms with Crippen LogP contribution in [0.5, 0.6) is 0 Å². The maximum absolute atomic E-state index is 12.5. The number of nitrogens with zero attached hydrogens (tertiary/aromatic N) is 1. The van der Waals surface area contributed by atoms with Crippen molar-refractivity contribution in [1.29, 1.82) is 0 Å². The van der Waals surface area contributed by atoms with Gasteiger partial charge in [-0.2, -0.15) is 4.31 Å². The average Bonchev–Trinajstić information content (AvgIpc) is 2.37. The quantitative estimate of drug-likeness (QED) is 0.611. The second kappa shape index (κ2) is 6.88. The van der Waals surface area contributed by atoms with Crippen molar-refractivity contribution >= 4 is 15.7 Å². The number of sulfonamides is 1. The van der Waals surface area contributed by atoms with Crippen molar-refractivity contribution in [2.45, 2.75) is 25.7 Å². The number of hydrogen-bond donors (Lipinski definition) is 1. The van der Waals surface area contributed by atoms with Crippen LogP contribution in [0.25, 0.3) is 0 Å². The van der Waals surface area contributed by atoms with Crippen molar-refractivity contribution in [3.05, 3.63) is 23.8 Å². The van der Waals surface area contributed by atoms with E-state index >= 15 is 0 Å². The van der Waals surface area contributed by atoms with E-state index in [1.165, 1.54) is 10.4 Å². The Balaban J connectivity index is 3.03. The Labute approximate surface area is 115 Å². The molecule has 0 heterocycles. The molecule has 0 bridgehead atoms. The summed E-state index contributed by atoms with van der Waals surface area (Å²) in [6, 6.07) is 4.93. The number of nitrogen functional groups attached to an aromatic ring is 1. The van der Waals surface area contributed by atoms with Gasteiger partial charge in [0.05, 0.1) is 11.5 Å². The van der Waals surface area contributed by atoms with Crippen molar-refractivity contribution in [3.63, 3.8) is 0 Å². The monoisotopic (exact) mass is 286 g/mol. The predicted molar refractivity (Wildman–Crippen MR) is 76.5 cm³/mol. The predicted octanol–water partition coefficient (Wildman–Crippen LogP) is 1.62. The number of benzene rings is 1. The first kappa shape index (κ1) is 15.9. The molecule has 0 atom stereocenters. The van der Waals surface area contributed by atoms with Gasteiger partial charge in [-0.3, -0.25) is 0 Å². The third kappa shape index (κ3) is 3.92. The van der Waals surface area contributed by atoms with E-state index in [1.54, 1.807) is 19.1 Å². The molecule has 0 amide bonds. The van der Waals surface area contributed by atoms with Crippen LogP contribution in [0.2, 0.25) is 0 Å². The summed E-state index contributed by atoms with van der Waals surface area (Å²) in [7, 11) is -3.51. The molecule has 0 aliphatic heterocycles. The van der Waals surface area contributed by atoms with E-state index in [0.717, 1.165) is 0 Å². The van der Waals surface area contributed by atoms with Crippen LogP contribution < -0.4 is 5.73 Å². The average molecular weight is 286 g/mol. The molecule has 1 aromatic rings. The highest BCUT2D eigenvalue weighted by Crippen LogP contribution is 2.22. The van der Waals surface area contributed by atoms with Gasteiger partial charge >= 0.3 is 0 Å². The van der Waals surface area contributed by atoms with Gasteiger partial charge in [-0.1, -0.05) is 13.0 Å². The molecule has 0 aromatic heterocycles. The summed E-state index contributed by atoms with van der Waals surface area (Å²) in [5, 5.41) is 0. The summed E-state index contributed by atoms with van der Waals surface area (Å²) in [6.07, 6.45) is 0. The summed E-state index contributed by atoms with van der Waals surface area (Å²) in [5.41, 5.74) is 6.83. The molecule has 0 saturated heterocycles. The molecular formula is C13H22N2O3S. The summed E-state index contributed by atoms with van der Waals surface area (Å²) in [6.45, 7) is 7.19. The molecule has 0 unspecified atom stereocenters. The van der Waals surface area contributed by atoms with Crippen molar-refractivity contribution in [2.75, 3.05) is 32.0 Å². The highest BCUT2D eigenvalue weighted by Gasteiger charge is 2.24. The van der Waals surface area contributed by atoms with Gasteiger partial charge in [-0.05, 0) is 31.5 Å². The molecule has 19 heavy (non-hydrogen) atoms. The Bertz CT molecular complexity index is 515. The van der Waals surface area contributed by atoms with Crippen molar-refractivity contribution in [3.8, 4) is 0 Å². The van der Waals surface area contributed by atoms with E-state index in [9.17, 15) is 8.42 Å². The molecule has 1 aromatic carbocycles. The van der Waals surface area contributed by atoms with Gasteiger partial charge < -0.3 is 10.5 Å². The van der Waals surface area contributed by atoms with E-state index in [4.69, 9.17) is 10.5 Å². The lowest BCUT2D eigenvalue weighted by atomic mass is 10.2. The number of ether oxygens (including phenoxy) is 1. The minimum atomic E-state index is -3.51. The maximum atomic E-state index is 12.5. The minimum absolute atomic E-state index is 0.269. The van der Waals surface area contributed by atoms with Crippen molar-refractivity contribution in [2.24, 2.45) is 0 Å². The second-order valence-corrected chi connectivity index (χ2v) is 6.12. The van der Waals surface area contributed by atoms with E-state index in [2.05, 4.69) is 0 Å². The lowest BCUT2D eigenvalue weighted by Gasteiger charge is -2.21. The van der Waals surface area contributed by atoms with Gasteiger partial charge in [-0.15, -0.1) is 0 Å². The first-order valence-corrected chi connectivity index (χ1v) is 7.81. The molecule has 0 fully saturated rings. The Morgan fingerprint density at radius 2 is 2.00 bits per heavy atom. The molecular weight excluding hydrogens is 264 g/mol. The van der Waals surface area contributed by atoms with E-state index in [-0.39, 0.29) is 4.90 Å². The highest BCUT2D eigenvalue weighted by atomic mass is 32.2. The third-order valence-electron chi connectivity index (χ3n) is 2.87. The molecule has 0 saturated carbocycles.